The van der Waals surface area contributed by atoms with Crippen LogP contribution in [0.5, 0.6) is 5.75 Å². The number of aromatic carboxylic acids is 1. The molecule has 17 heavy (non-hydrogen) atoms. The zero-order valence-electron chi connectivity index (χ0n) is 9.82. The summed E-state index contributed by atoms with van der Waals surface area (Å²) in [7, 11) is 1.40. The number of amides is 1. The minimum atomic E-state index is -1.09. The number of hydrogen-bond donors (Lipinski definition) is 2. The van der Waals surface area contributed by atoms with E-state index in [9.17, 15) is 9.59 Å². The molecule has 0 atom stereocenters. The predicted molar refractivity (Wildman–Crippen MR) is 63.5 cm³/mol. The summed E-state index contributed by atoms with van der Waals surface area (Å²) in [6, 6.07) is 4.51. The average molecular weight is 237 g/mol. The SMILES string of the molecule is CCCC(=O)Nc1ccc(OC)c(C(=O)O)c1. The van der Waals surface area contributed by atoms with Crippen molar-refractivity contribution in [3.8, 4) is 5.75 Å². The lowest BCUT2D eigenvalue weighted by Gasteiger charge is -2.08. The molecule has 1 aromatic carbocycles. The molecule has 1 amide bonds. The van der Waals surface area contributed by atoms with Gasteiger partial charge in [-0.25, -0.2) is 4.79 Å². The van der Waals surface area contributed by atoms with Crippen LogP contribution in [0.25, 0.3) is 0 Å². The number of nitrogens with one attached hydrogen (secondary N) is 1. The Balaban J connectivity index is 2.92. The Morgan fingerprint density at radius 1 is 1.41 bits per heavy atom. The Hall–Kier alpha value is -2.04. The lowest BCUT2D eigenvalue weighted by Crippen LogP contribution is -2.11. The topological polar surface area (TPSA) is 75.6 Å². The van der Waals surface area contributed by atoms with Crippen LogP contribution in [0.15, 0.2) is 18.2 Å². The van der Waals surface area contributed by atoms with Crippen LogP contribution in [-0.4, -0.2) is 24.1 Å². The van der Waals surface area contributed by atoms with Gasteiger partial charge in [-0.1, -0.05) is 6.92 Å². The van der Waals surface area contributed by atoms with Crippen molar-refractivity contribution in [3.63, 3.8) is 0 Å². The number of carbonyl (C=O) groups is 2. The Morgan fingerprint density at radius 2 is 2.12 bits per heavy atom. The van der Waals surface area contributed by atoms with Crippen LogP contribution >= 0.6 is 0 Å². The molecule has 92 valence electrons. The summed E-state index contributed by atoms with van der Waals surface area (Å²) in [5, 5.41) is 11.6. The van der Waals surface area contributed by atoms with Gasteiger partial charge in [0.05, 0.1) is 7.11 Å². The molecule has 0 aliphatic heterocycles. The fraction of sp³-hybridized carbons (Fsp3) is 0.333. The molecule has 2 N–H and O–H groups in total. The zero-order chi connectivity index (χ0) is 12.8. The molecule has 1 rings (SSSR count). The van der Waals surface area contributed by atoms with E-state index in [1.165, 1.54) is 19.2 Å². The quantitative estimate of drug-likeness (QED) is 0.822. The molecule has 5 nitrogen and oxygen atoms in total. The van der Waals surface area contributed by atoms with Crippen molar-refractivity contribution in [1.29, 1.82) is 0 Å². The van der Waals surface area contributed by atoms with Gasteiger partial charge in [-0.3, -0.25) is 4.79 Å². The summed E-state index contributed by atoms with van der Waals surface area (Å²) in [5.74, 6) is -0.951. The number of carbonyl (C=O) groups excluding carboxylic acids is 1. The van der Waals surface area contributed by atoms with Crippen LogP contribution in [0, 0.1) is 0 Å². The third-order valence-electron chi connectivity index (χ3n) is 2.19. The molecule has 0 saturated heterocycles. The number of hydrogen-bond acceptors (Lipinski definition) is 3. The van der Waals surface area contributed by atoms with Gasteiger partial charge in [0.25, 0.3) is 0 Å². The Morgan fingerprint density at radius 3 is 2.65 bits per heavy atom. The molecule has 0 radical (unpaired) electrons. The highest BCUT2D eigenvalue weighted by Gasteiger charge is 2.12. The van der Waals surface area contributed by atoms with E-state index < -0.39 is 5.97 Å². The van der Waals surface area contributed by atoms with E-state index in [4.69, 9.17) is 9.84 Å². The molecule has 0 aromatic heterocycles. The second-order valence-corrected chi connectivity index (χ2v) is 3.52. The van der Waals surface area contributed by atoms with E-state index in [1.807, 2.05) is 6.92 Å². The molecule has 0 bridgehead atoms. The normalized spacial score (nSPS) is 9.76. The fourth-order valence-corrected chi connectivity index (χ4v) is 1.40. The van der Waals surface area contributed by atoms with E-state index in [-0.39, 0.29) is 17.2 Å². The first-order valence-corrected chi connectivity index (χ1v) is 5.29. The highest BCUT2D eigenvalue weighted by atomic mass is 16.5. The van der Waals surface area contributed by atoms with E-state index in [2.05, 4.69) is 5.32 Å². The monoisotopic (exact) mass is 237 g/mol. The molecular weight excluding hydrogens is 222 g/mol. The van der Waals surface area contributed by atoms with Crippen molar-refractivity contribution in [2.24, 2.45) is 0 Å². The Kier molecular flexibility index (Phi) is 4.51. The summed E-state index contributed by atoms with van der Waals surface area (Å²) in [6.45, 7) is 1.90. The average Bonchev–Trinajstić information content (AvgIpc) is 2.29. The Labute approximate surface area is 99.4 Å². The molecule has 0 spiro atoms. The molecule has 0 saturated carbocycles. The second-order valence-electron chi connectivity index (χ2n) is 3.52. The van der Waals surface area contributed by atoms with E-state index >= 15 is 0 Å². The zero-order valence-corrected chi connectivity index (χ0v) is 9.82. The smallest absolute Gasteiger partial charge is 0.339 e. The summed E-state index contributed by atoms with van der Waals surface area (Å²) < 4.78 is 4.92. The van der Waals surface area contributed by atoms with Crippen LogP contribution in [0.4, 0.5) is 5.69 Å². The first-order chi connectivity index (χ1) is 8.08. The number of carboxylic acid groups (broad SMARTS) is 1. The maximum absolute atomic E-state index is 11.4. The van der Waals surface area contributed by atoms with Gasteiger partial charge in [0, 0.05) is 12.1 Å². The Bertz CT molecular complexity index is 429. The van der Waals surface area contributed by atoms with Crippen molar-refractivity contribution >= 4 is 17.6 Å². The summed E-state index contributed by atoms with van der Waals surface area (Å²) in [6.07, 6.45) is 1.15. The third kappa shape index (κ3) is 3.48. The molecule has 0 fully saturated rings. The van der Waals surface area contributed by atoms with Gasteiger partial charge in [-0.15, -0.1) is 0 Å². The van der Waals surface area contributed by atoms with E-state index in [0.717, 1.165) is 6.42 Å². The molecule has 0 aliphatic carbocycles. The fourth-order valence-electron chi connectivity index (χ4n) is 1.40. The predicted octanol–water partition coefficient (Wildman–Crippen LogP) is 2.13. The van der Waals surface area contributed by atoms with Crippen LogP contribution in [-0.2, 0) is 4.79 Å². The molecular formula is C12H15NO4. The lowest BCUT2D eigenvalue weighted by molar-refractivity contribution is -0.116. The highest BCUT2D eigenvalue weighted by Crippen LogP contribution is 2.22. The number of anilines is 1. The van der Waals surface area contributed by atoms with E-state index in [0.29, 0.717) is 12.1 Å². The van der Waals surface area contributed by atoms with Gasteiger partial charge < -0.3 is 15.2 Å². The molecule has 0 heterocycles. The minimum Gasteiger partial charge on any atom is -0.496 e. The van der Waals surface area contributed by atoms with Crippen LogP contribution in [0.3, 0.4) is 0 Å². The van der Waals surface area contributed by atoms with Crippen LogP contribution < -0.4 is 10.1 Å². The van der Waals surface area contributed by atoms with Crippen LogP contribution in [0.2, 0.25) is 0 Å². The van der Waals surface area contributed by atoms with Gasteiger partial charge in [-0.2, -0.15) is 0 Å². The largest absolute Gasteiger partial charge is 0.496 e. The number of rotatable bonds is 5. The van der Waals surface area contributed by atoms with E-state index in [1.54, 1.807) is 6.07 Å². The molecule has 0 unspecified atom stereocenters. The first kappa shape index (κ1) is 13.0. The highest BCUT2D eigenvalue weighted by molar-refractivity contribution is 5.95. The number of carboxylic acids is 1. The van der Waals surface area contributed by atoms with Gasteiger partial charge in [0.1, 0.15) is 11.3 Å². The van der Waals surface area contributed by atoms with Crippen molar-refractivity contribution < 1.29 is 19.4 Å². The molecule has 1 aromatic rings. The molecule has 5 heteroatoms. The summed E-state index contributed by atoms with van der Waals surface area (Å²) >= 11 is 0. The van der Waals surface area contributed by atoms with Gasteiger partial charge in [0.15, 0.2) is 0 Å². The van der Waals surface area contributed by atoms with Gasteiger partial charge >= 0.3 is 5.97 Å². The minimum absolute atomic E-state index is 0.0294. The number of methoxy groups -OCH3 is 1. The van der Waals surface area contributed by atoms with Gasteiger partial charge in [-0.05, 0) is 24.6 Å². The van der Waals surface area contributed by atoms with Gasteiger partial charge in [0.2, 0.25) is 5.91 Å². The number of ether oxygens (including phenoxy) is 1. The van der Waals surface area contributed by atoms with Crippen molar-refractivity contribution in [2.75, 3.05) is 12.4 Å². The number of benzene rings is 1. The second kappa shape index (κ2) is 5.89. The summed E-state index contributed by atoms with van der Waals surface area (Å²) in [4.78, 5) is 22.3. The maximum Gasteiger partial charge on any atom is 0.339 e. The molecule has 0 aliphatic rings. The third-order valence-corrected chi connectivity index (χ3v) is 2.19. The lowest BCUT2D eigenvalue weighted by atomic mass is 10.1. The standard InChI is InChI=1S/C12H15NO4/c1-3-4-11(14)13-8-5-6-10(17-2)9(7-8)12(15)16/h5-7H,3-4H2,1-2H3,(H,13,14)(H,15,16). The first-order valence-electron chi connectivity index (χ1n) is 5.29. The van der Waals surface area contributed by atoms with Crippen molar-refractivity contribution in [2.45, 2.75) is 19.8 Å². The van der Waals surface area contributed by atoms with Crippen molar-refractivity contribution in [3.05, 3.63) is 23.8 Å². The summed E-state index contributed by atoms with van der Waals surface area (Å²) in [5.41, 5.74) is 0.489. The maximum atomic E-state index is 11.4. The van der Waals surface area contributed by atoms with Crippen LogP contribution in [0.1, 0.15) is 30.1 Å². The van der Waals surface area contributed by atoms with Crippen molar-refractivity contribution in [1.82, 2.24) is 0 Å².